The third kappa shape index (κ3) is 6.28. The summed E-state index contributed by atoms with van der Waals surface area (Å²) in [7, 11) is 0. The molecular formula is C24H23BrClF2N5O3. The van der Waals surface area contributed by atoms with E-state index in [2.05, 4.69) is 48.0 Å². The minimum absolute atomic E-state index is 0.0828. The number of rotatable bonds is 9. The fraction of sp³-hybridized carbons (Fsp3) is 0.292. The maximum atomic E-state index is 14.7. The minimum atomic E-state index is -1.15. The molecule has 1 amide bonds. The number of fused-ring (bicyclic) bond motifs is 1. The number of nitrogens with one attached hydrogen (secondary N) is 2. The first-order valence-electron chi connectivity index (χ1n) is 11.1. The van der Waals surface area contributed by atoms with Crippen molar-refractivity contribution in [3.05, 3.63) is 58.3 Å². The lowest BCUT2D eigenvalue weighted by atomic mass is 10.1. The van der Waals surface area contributed by atoms with Gasteiger partial charge in [0.05, 0.1) is 41.7 Å². The summed E-state index contributed by atoms with van der Waals surface area (Å²) in [5.41, 5.74) is 0.760. The van der Waals surface area contributed by atoms with Crippen molar-refractivity contribution >= 4 is 61.5 Å². The first-order valence-corrected chi connectivity index (χ1v) is 12.3. The third-order valence-electron chi connectivity index (χ3n) is 5.50. The van der Waals surface area contributed by atoms with Gasteiger partial charge in [0.25, 0.3) is 5.91 Å². The maximum absolute atomic E-state index is 14.7. The summed E-state index contributed by atoms with van der Waals surface area (Å²) in [6, 6.07) is 6.24. The molecule has 1 aromatic heterocycles. The number of hydrogen-bond donors (Lipinski definition) is 2. The van der Waals surface area contributed by atoms with Gasteiger partial charge in [-0.1, -0.05) is 18.2 Å². The lowest BCUT2D eigenvalue weighted by molar-refractivity contribution is -0.114. The Morgan fingerprint density at radius 3 is 2.78 bits per heavy atom. The van der Waals surface area contributed by atoms with Crippen molar-refractivity contribution in [2.24, 2.45) is 0 Å². The molecule has 0 aliphatic carbocycles. The number of aromatic nitrogens is 2. The topological polar surface area (TPSA) is 88.6 Å². The third-order valence-corrected chi connectivity index (χ3v) is 6.76. The van der Waals surface area contributed by atoms with Gasteiger partial charge in [-0.2, -0.15) is 0 Å². The molecule has 4 rings (SSSR count). The van der Waals surface area contributed by atoms with Crippen molar-refractivity contribution in [1.29, 1.82) is 0 Å². The van der Waals surface area contributed by atoms with Crippen molar-refractivity contribution in [2.45, 2.75) is 6.42 Å². The molecule has 0 atom stereocenters. The van der Waals surface area contributed by atoms with E-state index >= 15 is 0 Å². The standard InChI is InChI=1S/C24H23BrClF2N5O3/c1-14(27)24(34)32-19-11-15-18(12-20(19)36-8-2-5-33-6-9-35-10-7-33)29-13-30-23(15)31-17-4-3-16(25)21(26)22(17)28/h3-4,11-13H,1-2,5-10H2,(H,32,34)(H,29,30,31). The summed E-state index contributed by atoms with van der Waals surface area (Å²) in [5, 5.41) is 5.72. The molecule has 3 aromatic rings. The number of benzene rings is 2. The van der Waals surface area contributed by atoms with Gasteiger partial charge in [-0.15, -0.1) is 0 Å². The van der Waals surface area contributed by atoms with Crippen LogP contribution in [0.25, 0.3) is 10.9 Å². The molecule has 12 heteroatoms. The molecule has 1 saturated heterocycles. The number of carbonyl (C=O) groups excluding carboxylic acids is 1. The lowest BCUT2D eigenvalue weighted by Gasteiger charge is -2.26. The number of nitrogens with zero attached hydrogens (tertiary/aromatic N) is 3. The van der Waals surface area contributed by atoms with Crippen LogP contribution in [-0.4, -0.2) is 60.2 Å². The summed E-state index contributed by atoms with van der Waals surface area (Å²) in [6.45, 7) is 7.39. The number of halogens is 4. The van der Waals surface area contributed by atoms with Crippen LogP contribution in [-0.2, 0) is 9.53 Å². The zero-order valence-electron chi connectivity index (χ0n) is 19.1. The summed E-state index contributed by atoms with van der Waals surface area (Å²) in [5.74, 6) is -2.26. The van der Waals surface area contributed by atoms with E-state index < -0.39 is 17.6 Å². The molecule has 1 aliphatic rings. The van der Waals surface area contributed by atoms with Crippen LogP contribution in [0.3, 0.4) is 0 Å². The van der Waals surface area contributed by atoms with Gasteiger partial charge in [0.1, 0.15) is 17.9 Å². The molecule has 0 saturated carbocycles. The lowest BCUT2D eigenvalue weighted by Crippen LogP contribution is -2.37. The number of amides is 1. The maximum Gasteiger partial charge on any atom is 0.283 e. The molecule has 0 bridgehead atoms. The second-order valence-corrected chi connectivity index (χ2v) is 9.18. The highest BCUT2D eigenvalue weighted by Gasteiger charge is 2.17. The quantitative estimate of drug-likeness (QED) is 0.197. The van der Waals surface area contributed by atoms with E-state index in [1.54, 1.807) is 12.1 Å². The first kappa shape index (κ1) is 26.2. The summed E-state index contributed by atoms with van der Waals surface area (Å²) in [6.07, 6.45) is 2.05. The highest BCUT2D eigenvalue weighted by molar-refractivity contribution is 9.10. The van der Waals surface area contributed by atoms with Crippen LogP contribution in [0.1, 0.15) is 6.42 Å². The molecule has 190 valence electrons. The van der Waals surface area contributed by atoms with Crippen LogP contribution < -0.4 is 15.4 Å². The minimum Gasteiger partial charge on any atom is -0.491 e. The Labute approximate surface area is 219 Å². The van der Waals surface area contributed by atoms with Gasteiger partial charge in [-0.25, -0.2) is 18.7 Å². The Hall–Kier alpha value is -2.86. The van der Waals surface area contributed by atoms with E-state index in [0.717, 1.165) is 26.1 Å². The second kappa shape index (κ2) is 11.9. The molecular weight excluding hydrogens is 560 g/mol. The highest BCUT2D eigenvalue weighted by Crippen LogP contribution is 2.36. The predicted octanol–water partition coefficient (Wildman–Crippen LogP) is 5.45. The molecule has 8 nitrogen and oxygen atoms in total. The average Bonchev–Trinajstić information content (AvgIpc) is 2.88. The van der Waals surface area contributed by atoms with Gasteiger partial charge in [0.15, 0.2) is 11.6 Å². The number of ether oxygens (including phenoxy) is 2. The van der Waals surface area contributed by atoms with Crippen LogP contribution in [0, 0.1) is 5.82 Å². The predicted molar refractivity (Wildman–Crippen MR) is 138 cm³/mol. The molecule has 0 spiro atoms. The zero-order chi connectivity index (χ0) is 25.7. The fourth-order valence-corrected chi connectivity index (χ4v) is 4.11. The SMILES string of the molecule is C=C(F)C(=O)Nc1cc2c(Nc3ccc(Br)c(Cl)c3F)ncnc2cc1OCCCN1CCOCC1. The monoisotopic (exact) mass is 581 g/mol. The van der Waals surface area contributed by atoms with E-state index in [-0.39, 0.29) is 22.2 Å². The van der Waals surface area contributed by atoms with Crippen LogP contribution >= 0.6 is 27.5 Å². The fourth-order valence-electron chi connectivity index (χ4n) is 3.64. The number of anilines is 3. The van der Waals surface area contributed by atoms with Gasteiger partial charge >= 0.3 is 0 Å². The first-order chi connectivity index (χ1) is 17.3. The van der Waals surface area contributed by atoms with Crippen LogP contribution in [0.4, 0.5) is 26.0 Å². The van der Waals surface area contributed by atoms with E-state index in [9.17, 15) is 13.6 Å². The Morgan fingerprint density at radius 1 is 1.25 bits per heavy atom. The van der Waals surface area contributed by atoms with Crippen LogP contribution in [0.2, 0.25) is 5.02 Å². The van der Waals surface area contributed by atoms with Crippen molar-refractivity contribution in [2.75, 3.05) is 50.1 Å². The van der Waals surface area contributed by atoms with Gasteiger partial charge in [-0.05, 0) is 40.5 Å². The van der Waals surface area contributed by atoms with E-state index in [1.807, 2.05) is 0 Å². The Balaban J connectivity index is 1.60. The normalized spacial score (nSPS) is 14.0. The highest BCUT2D eigenvalue weighted by atomic mass is 79.9. The molecule has 0 radical (unpaired) electrons. The average molecular weight is 583 g/mol. The molecule has 0 unspecified atom stereocenters. The van der Waals surface area contributed by atoms with E-state index in [1.165, 1.54) is 18.5 Å². The van der Waals surface area contributed by atoms with Crippen LogP contribution in [0.5, 0.6) is 5.75 Å². The molecule has 2 aromatic carbocycles. The Morgan fingerprint density at radius 2 is 2.03 bits per heavy atom. The molecule has 1 fully saturated rings. The summed E-state index contributed by atoms with van der Waals surface area (Å²) in [4.78, 5) is 22.8. The number of morpholine rings is 1. The van der Waals surface area contributed by atoms with Gasteiger partial charge < -0.3 is 20.1 Å². The van der Waals surface area contributed by atoms with Crippen LogP contribution in [0.15, 0.2) is 47.5 Å². The summed E-state index contributed by atoms with van der Waals surface area (Å²) >= 11 is 9.18. The number of hydrogen-bond acceptors (Lipinski definition) is 7. The molecule has 2 heterocycles. The summed E-state index contributed by atoms with van der Waals surface area (Å²) < 4.78 is 39.8. The van der Waals surface area contributed by atoms with Gasteiger partial charge in [0.2, 0.25) is 0 Å². The second-order valence-electron chi connectivity index (χ2n) is 7.95. The molecule has 36 heavy (non-hydrogen) atoms. The van der Waals surface area contributed by atoms with Crippen molar-refractivity contribution in [1.82, 2.24) is 14.9 Å². The largest absolute Gasteiger partial charge is 0.491 e. The zero-order valence-corrected chi connectivity index (χ0v) is 21.5. The van der Waals surface area contributed by atoms with Gasteiger partial charge in [-0.3, -0.25) is 9.69 Å². The van der Waals surface area contributed by atoms with E-state index in [0.29, 0.717) is 40.9 Å². The van der Waals surface area contributed by atoms with Crippen molar-refractivity contribution < 1.29 is 23.0 Å². The molecule has 1 aliphatic heterocycles. The van der Waals surface area contributed by atoms with Gasteiger partial charge in [0, 0.05) is 35.6 Å². The number of carbonyl (C=O) groups is 1. The Kier molecular flexibility index (Phi) is 8.68. The smallest absolute Gasteiger partial charge is 0.283 e. The van der Waals surface area contributed by atoms with Crippen molar-refractivity contribution in [3.8, 4) is 5.75 Å². The Bertz CT molecular complexity index is 1290. The van der Waals surface area contributed by atoms with E-state index in [4.69, 9.17) is 21.1 Å². The molecule has 2 N–H and O–H groups in total. The van der Waals surface area contributed by atoms with Crippen molar-refractivity contribution in [3.63, 3.8) is 0 Å².